The van der Waals surface area contributed by atoms with Crippen molar-refractivity contribution in [3.63, 3.8) is 0 Å². The first-order chi connectivity index (χ1) is 19.6. The number of carbonyl (C=O) groups is 5. The summed E-state index contributed by atoms with van der Waals surface area (Å²) >= 11 is 0. The van der Waals surface area contributed by atoms with E-state index in [2.05, 4.69) is 46.3 Å². The van der Waals surface area contributed by atoms with Crippen LogP contribution in [0.5, 0.6) is 0 Å². The molecule has 0 radical (unpaired) electrons. The minimum Gasteiger partial charge on any atom is -0.481 e. The molecule has 0 bridgehead atoms. The summed E-state index contributed by atoms with van der Waals surface area (Å²) in [4.78, 5) is 58.5. The normalized spacial score (nSPS) is 13.2. The molecule has 0 saturated carbocycles. The Morgan fingerprint density at radius 2 is 1.29 bits per heavy atom. The number of urea groups is 1. The van der Waals surface area contributed by atoms with Crippen molar-refractivity contribution in [2.24, 2.45) is 5.92 Å². The molecule has 0 heterocycles. The van der Waals surface area contributed by atoms with Crippen LogP contribution in [0.4, 0.5) is 4.79 Å². The van der Waals surface area contributed by atoms with Crippen LogP contribution in [-0.2, 0) is 25.6 Å². The molecule has 0 aromatic heterocycles. The number of carboxylic acid groups (broad SMARTS) is 3. The standard InChI is InChI=1S/C30H35N3O8/c1-18(16-23-21-10-4-2-8-19(21)17-20-9-3-5-11-22(20)23)27(36)31-15-7-6-12-24(28(37)38)32-30(41)33-25(29(39)40)13-14-26(34)35/h2-5,8-11,17-18,24-25H,6-7,12-16H2,1H3,(H,31,36)(H,34,35)(H,37,38)(H,39,40)(H2,32,33,41)/t18-,24-,25-/m0/s1. The maximum Gasteiger partial charge on any atom is 0.326 e. The van der Waals surface area contributed by atoms with Crippen LogP contribution >= 0.6 is 0 Å². The molecule has 3 aromatic rings. The van der Waals surface area contributed by atoms with Gasteiger partial charge < -0.3 is 31.3 Å². The zero-order valence-electron chi connectivity index (χ0n) is 22.8. The second-order valence-electron chi connectivity index (χ2n) is 10.0. The zero-order valence-corrected chi connectivity index (χ0v) is 22.8. The number of rotatable bonds is 15. The topological polar surface area (TPSA) is 182 Å². The van der Waals surface area contributed by atoms with Crippen LogP contribution in [0.1, 0.15) is 44.6 Å². The van der Waals surface area contributed by atoms with Crippen molar-refractivity contribution in [1.82, 2.24) is 16.0 Å². The smallest absolute Gasteiger partial charge is 0.326 e. The van der Waals surface area contributed by atoms with E-state index in [-0.39, 0.29) is 24.7 Å². The molecule has 0 saturated heterocycles. The number of benzene rings is 3. The van der Waals surface area contributed by atoms with Gasteiger partial charge in [0.25, 0.3) is 0 Å². The van der Waals surface area contributed by atoms with Gasteiger partial charge in [0.1, 0.15) is 12.1 Å². The summed E-state index contributed by atoms with van der Waals surface area (Å²) < 4.78 is 0. The first kappa shape index (κ1) is 30.9. The zero-order chi connectivity index (χ0) is 29.9. The molecule has 11 nitrogen and oxygen atoms in total. The Morgan fingerprint density at radius 1 is 0.756 bits per heavy atom. The highest BCUT2D eigenvalue weighted by molar-refractivity contribution is 6.02. The van der Waals surface area contributed by atoms with Crippen molar-refractivity contribution in [2.75, 3.05) is 6.54 Å². The summed E-state index contributed by atoms with van der Waals surface area (Å²) in [6.07, 6.45) is 0.647. The van der Waals surface area contributed by atoms with Crippen LogP contribution in [0.25, 0.3) is 21.5 Å². The van der Waals surface area contributed by atoms with E-state index < -0.39 is 42.4 Å². The van der Waals surface area contributed by atoms with Gasteiger partial charge in [-0.25, -0.2) is 14.4 Å². The third-order valence-corrected chi connectivity index (χ3v) is 6.91. The summed E-state index contributed by atoms with van der Waals surface area (Å²) in [7, 11) is 0. The van der Waals surface area contributed by atoms with Gasteiger partial charge in [-0.05, 0) is 65.3 Å². The summed E-state index contributed by atoms with van der Waals surface area (Å²) in [6.45, 7) is 2.20. The van der Waals surface area contributed by atoms with Crippen LogP contribution in [0.3, 0.4) is 0 Å². The number of nitrogens with one attached hydrogen (secondary N) is 3. The number of carboxylic acids is 3. The molecule has 0 unspecified atom stereocenters. The molecule has 6 N–H and O–H groups in total. The molecule has 0 fully saturated rings. The summed E-state index contributed by atoms with van der Waals surface area (Å²) in [5.41, 5.74) is 1.11. The van der Waals surface area contributed by atoms with E-state index in [1.807, 2.05) is 31.2 Å². The molecular formula is C30H35N3O8. The van der Waals surface area contributed by atoms with Crippen LogP contribution in [0, 0.1) is 5.92 Å². The number of unbranched alkanes of at least 4 members (excludes halogenated alkanes) is 1. The van der Waals surface area contributed by atoms with Crippen molar-refractivity contribution in [3.05, 3.63) is 60.2 Å². The number of aliphatic carboxylic acids is 3. The predicted molar refractivity (Wildman–Crippen MR) is 153 cm³/mol. The molecule has 11 heteroatoms. The van der Waals surface area contributed by atoms with Gasteiger partial charge in [0.05, 0.1) is 0 Å². The van der Waals surface area contributed by atoms with Crippen LogP contribution in [0.2, 0.25) is 0 Å². The number of amides is 3. The Morgan fingerprint density at radius 3 is 1.83 bits per heavy atom. The van der Waals surface area contributed by atoms with Crippen molar-refractivity contribution in [3.8, 4) is 0 Å². The van der Waals surface area contributed by atoms with Gasteiger partial charge in [0.2, 0.25) is 5.91 Å². The van der Waals surface area contributed by atoms with E-state index in [0.717, 1.165) is 27.1 Å². The van der Waals surface area contributed by atoms with E-state index in [4.69, 9.17) is 10.2 Å². The van der Waals surface area contributed by atoms with Gasteiger partial charge in [0, 0.05) is 18.9 Å². The highest BCUT2D eigenvalue weighted by Crippen LogP contribution is 2.30. The molecule has 0 aliphatic heterocycles. The molecule has 3 amide bonds. The lowest BCUT2D eigenvalue weighted by molar-refractivity contribution is -0.140. The lowest BCUT2D eigenvalue weighted by atomic mass is 9.90. The Kier molecular flexibility index (Phi) is 11.0. The maximum atomic E-state index is 12.9. The van der Waals surface area contributed by atoms with Crippen LogP contribution in [-0.4, -0.2) is 63.8 Å². The Hall–Kier alpha value is -4.67. The van der Waals surface area contributed by atoms with Crippen molar-refractivity contribution >= 4 is 51.4 Å². The first-order valence-corrected chi connectivity index (χ1v) is 13.5. The number of fused-ring (bicyclic) bond motifs is 2. The quantitative estimate of drug-likeness (QED) is 0.119. The minimum absolute atomic E-state index is 0.0586. The van der Waals surface area contributed by atoms with Crippen molar-refractivity contribution in [1.29, 1.82) is 0 Å². The summed E-state index contributed by atoms with van der Waals surface area (Å²) in [5.74, 6) is -4.35. The predicted octanol–water partition coefficient (Wildman–Crippen LogP) is 3.53. The number of carbonyl (C=O) groups excluding carboxylic acids is 2. The van der Waals surface area contributed by atoms with Gasteiger partial charge in [-0.15, -0.1) is 0 Å². The number of hydrogen-bond acceptors (Lipinski definition) is 5. The monoisotopic (exact) mass is 565 g/mol. The fourth-order valence-corrected chi connectivity index (χ4v) is 4.73. The molecule has 0 spiro atoms. The lowest BCUT2D eigenvalue weighted by Crippen LogP contribution is -2.51. The molecule has 0 aliphatic rings. The summed E-state index contributed by atoms with van der Waals surface area (Å²) in [6, 6.07) is 14.6. The van der Waals surface area contributed by atoms with E-state index in [9.17, 15) is 29.1 Å². The molecule has 3 aromatic carbocycles. The van der Waals surface area contributed by atoms with Gasteiger partial charge >= 0.3 is 23.9 Å². The van der Waals surface area contributed by atoms with Gasteiger partial charge in [-0.1, -0.05) is 55.5 Å². The van der Waals surface area contributed by atoms with Gasteiger partial charge in [-0.2, -0.15) is 0 Å². The maximum absolute atomic E-state index is 12.9. The Bertz CT molecular complexity index is 1370. The third-order valence-electron chi connectivity index (χ3n) is 6.91. The molecule has 218 valence electrons. The van der Waals surface area contributed by atoms with Gasteiger partial charge in [-0.3, -0.25) is 9.59 Å². The van der Waals surface area contributed by atoms with Crippen molar-refractivity contribution < 1.29 is 39.3 Å². The second kappa shape index (κ2) is 14.6. The second-order valence-corrected chi connectivity index (χ2v) is 10.0. The van der Waals surface area contributed by atoms with E-state index in [0.29, 0.717) is 25.8 Å². The first-order valence-electron chi connectivity index (χ1n) is 13.5. The van der Waals surface area contributed by atoms with Crippen LogP contribution < -0.4 is 16.0 Å². The number of hydrogen-bond donors (Lipinski definition) is 6. The van der Waals surface area contributed by atoms with E-state index in [1.165, 1.54) is 0 Å². The molecule has 41 heavy (non-hydrogen) atoms. The molecular weight excluding hydrogens is 530 g/mol. The molecule has 0 aliphatic carbocycles. The average molecular weight is 566 g/mol. The largest absolute Gasteiger partial charge is 0.481 e. The third kappa shape index (κ3) is 8.92. The molecule has 3 atom stereocenters. The fraction of sp³-hybridized carbons (Fsp3) is 0.367. The minimum atomic E-state index is -1.47. The average Bonchev–Trinajstić information content (AvgIpc) is 2.93. The fourth-order valence-electron chi connectivity index (χ4n) is 4.73. The Labute approximate surface area is 236 Å². The molecule has 3 rings (SSSR count). The lowest BCUT2D eigenvalue weighted by Gasteiger charge is -2.18. The van der Waals surface area contributed by atoms with Crippen LogP contribution in [0.15, 0.2) is 54.6 Å². The Balaban J connectivity index is 1.48. The van der Waals surface area contributed by atoms with E-state index in [1.54, 1.807) is 0 Å². The highest BCUT2D eigenvalue weighted by Gasteiger charge is 2.25. The SMILES string of the molecule is C[C@@H](Cc1c2ccccc2cc2ccccc12)C(=O)NCCCC[C@H](NC(=O)N[C@@H](CCC(=O)O)C(=O)O)C(=O)O. The summed E-state index contributed by atoms with van der Waals surface area (Å²) in [5, 5.41) is 39.0. The highest BCUT2D eigenvalue weighted by atomic mass is 16.4. The van der Waals surface area contributed by atoms with Crippen molar-refractivity contribution in [2.45, 2.75) is 57.5 Å². The van der Waals surface area contributed by atoms with Gasteiger partial charge in [0.15, 0.2) is 0 Å². The van der Waals surface area contributed by atoms with E-state index >= 15 is 0 Å².